The normalized spacial score (nSPS) is 19.3. The maximum atomic E-state index is 9.19. The fourth-order valence-electron chi connectivity index (χ4n) is 2.98. The minimum absolute atomic E-state index is 0.246. The first-order chi connectivity index (χ1) is 11.7. The van der Waals surface area contributed by atoms with Gasteiger partial charge in [0.25, 0.3) is 0 Å². The van der Waals surface area contributed by atoms with Gasteiger partial charge in [0.2, 0.25) is 0 Å². The average Bonchev–Trinajstić information content (AvgIpc) is 2.61. The molecular formula is C18H24N4O2. The molecule has 1 fully saturated rings. The number of rotatable bonds is 6. The summed E-state index contributed by atoms with van der Waals surface area (Å²) in [5.41, 5.74) is 1.25. The standard InChI is InChI=1S/C18H24N4O2/c1-21-10-11-22(14-16(21)7-12-23)13-15-3-5-17(6-4-15)24-18-19-8-2-9-20-18/h2-6,8-9,16,23H,7,10-14H2,1H3/t16-/m1/s1. The van der Waals surface area contributed by atoms with Crippen LogP contribution in [0.1, 0.15) is 12.0 Å². The quantitative estimate of drug-likeness (QED) is 0.872. The summed E-state index contributed by atoms with van der Waals surface area (Å²) in [6.45, 7) is 4.24. The van der Waals surface area contributed by atoms with Crippen molar-refractivity contribution in [1.82, 2.24) is 19.8 Å². The highest BCUT2D eigenvalue weighted by Crippen LogP contribution is 2.19. The molecule has 1 aliphatic rings. The third-order valence-electron chi connectivity index (χ3n) is 4.40. The number of piperazine rings is 1. The van der Waals surface area contributed by atoms with Crippen LogP contribution in [0.3, 0.4) is 0 Å². The Labute approximate surface area is 142 Å². The molecule has 1 aromatic carbocycles. The molecule has 0 unspecified atom stereocenters. The number of hydrogen-bond donors (Lipinski definition) is 1. The highest BCUT2D eigenvalue weighted by Gasteiger charge is 2.23. The van der Waals surface area contributed by atoms with Gasteiger partial charge >= 0.3 is 6.01 Å². The zero-order valence-electron chi connectivity index (χ0n) is 14.0. The maximum Gasteiger partial charge on any atom is 0.321 e. The van der Waals surface area contributed by atoms with Gasteiger partial charge in [-0.3, -0.25) is 4.90 Å². The van der Waals surface area contributed by atoms with Crippen molar-refractivity contribution in [2.75, 3.05) is 33.3 Å². The van der Waals surface area contributed by atoms with E-state index in [1.54, 1.807) is 18.5 Å². The molecule has 1 saturated heterocycles. The predicted octanol–water partition coefficient (Wildman–Crippen LogP) is 1.77. The number of aromatic nitrogens is 2. The smallest absolute Gasteiger partial charge is 0.321 e. The van der Waals surface area contributed by atoms with E-state index in [9.17, 15) is 5.11 Å². The van der Waals surface area contributed by atoms with Crippen LogP contribution in [0, 0.1) is 0 Å². The van der Waals surface area contributed by atoms with Gasteiger partial charge < -0.3 is 14.7 Å². The Bertz CT molecular complexity index is 621. The van der Waals surface area contributed by atoms with E-state index in [-0.39, 0.29) is 6.61 Å². The largest absolute Gasteiger partial charge is 0.424 e. The molecule has 24 heavy (non-hydrogen) atoms. The molecule has 1 aliphatic heterocycles. The number of aliphatic hydroxyl groups excluding tert-OH is 1. The van der Waals surface area contributed by atoms with Crippen molar-refractivity contribution in [3.05, 3.63) is 48.3 Å². The van der Waals surface area contributed by atoms with Crippen LogP contribution in [0.15, 0.2) is 42.7 Å². The van der Waals surface area contributed by atoms with Gasteiger partial charge in [0.15, 0.2) is 0 Å². The van der Waals surface area contributed by atoms with Crippen molar-refractivity contribution in [3.63, 3.8) is 0 Å². The number of aliphatic hydroxyl groups is 1. The molecule has 0 spiro atoms. The van der Waals surface area contributed by atoms with Crippen molar-refractivity contribution in [3.8, 4) is 11.8 Å². The summed E-state index contributed by atoms with van der Waals surface area (Å²) in [5.74, 6) is 0.737. The van der Waals surface area contributed by atoms with E-state index in [1.165, 1.54) is 5.56 Å². The first-order valence-corrected chi connectivity index (χ1v) is 8.32. The molecule has 0 radical (unpaired) electrons. The topological polar surface area (TPSA) is 61.7 Å². The summed E-state index contributed by atoms with van der Waals surface area (Å²) in [6, 6.07) is 10.6. The van der Waals surface area contributed by atoms with Crippen LogP contribution in [0.25, 0.3) is 0 Å². The van der Waals surface area contributed by atoms with E-state index in [0.717, 1.165) is 38.3 Å². The highest BCUT2D eigenvalue weighted by molar-refractivity contribution is 5.29. The number of ether oxygens (including phenoxy) is 1. The van der Waals surface area contributed by atoms with Crippen LogP contribution in [0.4, 0.5) is 0 Å². The summed E-state index contributed by atoms with van der Waals surface area (Å²) in [4.78, 5) is 12.9. The minimum Gasteiger partial charge on any atom is -0.424 e. The summed E-state index contributed by atoms with van der Waals surface area (Å²) in [7, 11) is 2.13. The van der Waals surface area contributed by atoms with Crippen LogP contribution >= 0.6 is 0 Å². The molecule has 1 atom stereocenters. The molecule has 0 amide bonds. The summed E-state index contributed by atoms with van der Waals surface area (Å²) in [5, 5.41) is 9.19. The molecule has 2 aromatic rings. The van der Waals surface area contributed by atoms with Crippen LogP contribution in [-0.4, -0.2) is 64.2 Å². The molecule has 3 rings (SSSR count). The zero-order chi connectivity index (χ0) is 16.8. The van der Waals surface area contributed by atoms with Gasteiger partial charge in [0.05, 0.1) is 0 Å². The van der Waals surface area contributed by atoms with Gasteiger partial charge in [-0.1, -0.05) is 12.1 Å². The third kappa shape index (κ3) is 4.50. The van der Waals surface area contributed by atoms with E-state index in [0.29, 0.717) is 12.1 Å². The van der Waals surface area contributed by atoms with Crippen molar-refractivity contribution in [2.45, 2.75) is 19.0 Å². The van der Waals surface area contributed by atoms with Gasteiger partial charge in [-0.2, -0.15) is 0 Å². The Morgan fingerprint density at radius 2 is 1.92 bits per heavy atom. The first kappa shape index (κ1) is 16.8. The fraction of sp³-hybridized carbons (Fsp3) is 0.444. The maximum absolute atomic E-state index is 9.19. The van der Waals surface area contributed by atoms with E-state index >= 15 is 0 Å². The first-order valence-electron chi connectivity index (χ1n) is 8.32. The van der Waals surface area contributed by atoms with Crippen molar-refractivity contribution in [2.24, 2.45) is 0 Å². The molecule has 0 bridgehead atoms. The van der Waals surface area contributed by atoms with E-state index in [4.69, 9.17) is 4.74 Å². The lowest BCUT2D eigenvalue weighted by atomic mass is 10.1. The lowest BCUT2D eigenvalue weighted by molar-refractivity contribution is 0.0743. The Kier molecular flexibility index (Phi) is 5.74. The second kappa shape index (κ2) is 8.19. The Morgan fingerprint density at radius 1 is 1.17 bits per heavy atom. The molecule has 0 saturated carbocycles. The SMILES string of the molecule is CN1CCN(Cc2ccc(Oc3ncccn3)cc2)C[C@H]1CCO. The lowest BCUT2D eigenvalue weighted by Gasteiger charge is -2.39. The van der Waals surface area contributed by atoms with Gasteiger partial charge in [0, 0.05) is 51.2 Å². The summed E-state index contributed by atoms with van der Waals surface area (Å²) in [6.07, 6.45) is 4.15. The molecule has 6 heteroatoms. The van der Waals surface area contributed by atoms with E-state index in [1.807, 2.05) is 12.1 Å². The Balaban J connectivity index is 1.56. The molecule has 1 N–H and O–H groups in total. The zero-order valence-corrected chi connectivity index (χ0v) is 14.0. The van der Waals surface area contributed by atoms with Crippen LogP contribution < -0.4 is 4.74 Å². The van der Waals surface area contributed by atoms with Gasteiger partial charge in [-0.25, -0.2) is 9.97 Å². The molecular weight excluding hydrogens is 304 g/mol. The number of likely N-dealkylation sites (N-methyl/N-ethyl adjacent to an activating group) is 1. The highest BCUT2D eigenvalue weighted by atomic mass is 16.5. The summed E-state index contributed by atoms with van der Waals surface area (Å²) >= 11 is 0. The third-order valence-corrected chi connectivity index (χ3v) is 4.40. The predicted molar refractivity (Wildman–Crippen MR) is 91.9 cm³/mol. The van der Waals surface area contributed by atoms with E-state index < -0.39 is 0 Å². The number of hydrogen-bond acceptors (Lipinski definition) is 6. The molecule has 0 aliphatic carbocycles. The van der Waals surface area contributed by atoms with Crippen LogP contribution in [0.2, 0.25) is 0 Å². The van der Waals surface area contributed by atoms with E-state index in [2.05, 4.69) is 38.9 Å². The number of nitrogens with zero attached hydrogens (tertiary/aromatic N) is 4. The molecule has 128 valence electrons. The molecule has 1 aromatic heterocycles. The van der Waals surface area contributed by atoms with Gasteiger partial charge in [-0.15, -0.1) is 0 Å². The summed E-state index contributed by atoms with van der Waals surface area (Å²) < 4.78 is 5.62. The average molecular weight is 328 g/mol. The van der Waals surface area contributed by atoms with Gasteiger partial charge in [0.1, 0.15) is 5.75 Å². The molecule has 2 heterocycles. The monoisotopic (exact) mass is 328 g/mol. The second-order valence-electron chi connectivity index (χ2n) is 6.16. The van der Waals surface area contributed by atoms with Crippen LogP contribution in [0.5, 0.6) is 11.8 Å². The van der Waals surface area contributed by atoms with Crippen molar-refractivity contribution in [1.29, 1.82) is 0 Å². The molecule has 6 nitrogen and oxygen atoms in total. The lowest BCUT2D eigenvalue weighted by Crippen LogP contribution is -2.51. The van der Waals surface area contributed by atoms with Crippen LogP contribution in [-0.2, 0) is 6.54 Å². The Morgan fingerprint density at radius 3 is 2.62 bits per heavy atom. The van der Waals surface area contributed by atoms with Gasteiger partial charge in [-0.05, 0) is 37.2 Å². The van der Waals surface area contributed by atoms with Crippen molar-refractivity contribution < 1.29 is 9.84 Å². The second-order valence-corrected chi connectivity index (χ2v) is 6.16. The number of benzene rings is 1. The van der Waals surface area contributed by atoms with Crippen molar-refractivity contribution >= 4 is 0 Å². The Hall–Kier alpha value is -2.02. The fourth-order valence-corrected chi connectivity index (χ4v) is 2.98. The minimum atomic E-state index is 0.246.